The maximum absolute atomic E-state index is 11.0. The van der Waals surface area contributed by atoms with Crippen LogP contribution in [0.2, 0.25) is 0 Å². The summed E-state index contributed by atoms with van der Waals surface area (Å²) in [6.07, 6.45) is 7.88. The molecule has 5 nitrogen and oxygen atoms in total. The van der Waals surface area contributed by atoms with Crippen LogP contribution in [0, 0.1) is 0 Å². The first-order chi connectivity index (χ1) is 12.2. The molecule has 132 valence electrons. The van der Waals surface area contributed by atoms with Crippen LogP contribution in [0.4, 0.5) is 0 Å². The Morgan fingerprint density at radius 3 is 2.36 bits per heavy atom. The maximum Gasteiger partial charge on any atom is 0.250 e. The van der Waals surface area contributed by atoms with E-state index in [0.717, 1.165) is 18.7 Å². The van der Waals surface area contributed by atoms with E-state index in [1.54, 1.807) is 12.1 Å². The average Bonchev–Trinajstić information content (AvgIpc) is 2.90. The zero-order valence-corrected chi connectivity index (χ0v) is 14.5. The number of nitrogens with two attached hydrogens (primary N) is 1. The van der Waals surface area contributed by atoms with Crippen molar-refractivity contribution in [3.63, 3.8) is 0 Å². The highest BCUT2D eigenvalue weighted by molar-refractivity contribution is 5.92. The summed E-state index contributed by atoms with van der Waals surface area (Å²) in [4.78, 5) is 17.7. The molecule has 0 aliphatic carbocycles. The number of pyridine rings is 1. The van der Waals surface area contributed by atoms with E-state index in [0.29, 0.717) is 11.4 Å². The van der Waals surface area contributed by atoms with Gasteiger partial charge in [-0.15, -0.1) is 0 Å². The van der Waals surface area contributed by atoms with Gasteiger partial charge in [-0.25, -0.2) is 4.98 Å². The van der Waals surface area contributed by atoms with Crippen molar-refractivity contribution in [2.24, 2.45) is 5.73 Å². The van der Waals surface area contributed by atoms with Gasteiger partial charge in [-0.1, -0.05) is 25.0 Å². The highest BCUT2D eigenvalue weighted by atomic mass is 16.5. The summed E-state index contributed by atoms with van der Waals surface area (Å²) in [6.45, 7) is 3.58. The Morgan fingerprint density at radius 1 is 1.04 bits per heavy atom. The summed E-state index contributed by atoms with van der Waals surface area (Å²) < 4.78 is 5.71. The molecule has 25 heavy (non-hydrogen) atoms. The summed E-state index contributed by atoms with van der Waals surface area (Å²) in [7, 11) is 0. The summed E-state index contributed by atoms with van der Waals surface area (Å²) in [5.74, 6) is 0.688. The van der Waals surface area contributed by atoms with Crippen LogP contribution in [0.25, 0.3) is 0 Å². The number of hydrogen-bond acceptors (Lipinski definition) is 4. The zero-order chi connectivity index (χ0) is 17.5. The van der Waals surface area contributed by atoms with Gasteiger partial charge in [0.05, 0.1) is 5.56 Å². The van der Waals surface area contributed by atoms with Crippen LogP contribution in [0.5, 0.6) is 11.6 Å². The third kappa shape index (κ3) is 5.29. The monoisotopic (exact) mass is 339 g/mol. The van der Waals surface area contributed by atoms with Gasteiger partial charge in [-0.2, -0.15) is 0 Å². The molecule has 0 saturated carbocycles. The minimum atomic E-state index is -0.493. The summed E-state index contributed by atoms with van der Waals surface area (Å²) >= 11 is 0. The molecule has 1 fully saturated rings. The van der Waals surface area contributed by atoms with Gasteiger partial charge in [0.2, 0.25) is 11.8 Å². The van der Waals surface area contributed by atoms with Gasteiger partial charge in [0.15, 0.2) is 0 Å². The van der Waals surface area contributed by atoms with Crippen molar-refractivity contribution < 1.29 is 9.53 Å². The van der Waals surface area contributed by atoms with Crippen LogP contribution < -0.4 is 10.5 Å². The van der Waals surface area contributed by atoms with Gasteiger partial charge >= 0.3 is 0 Å². The number of nitrogens with zero attached hydrogens (tertiary/aromatic N) is 2. The zero-order valence-electron chi connectivity index (χ0n) is 14.5. The third-order valence-electron chi connectivity index (χ3n) is 4.58. The molecule has 2 aromatic rings. The van der Waals surface area contributed by atoms with Gasteiger partial charge < -0.3 is 15.4 Å². The molecule has 0 spiro atoms. The minimum Gasteiger partial charge on any atom is -0.439 e. The number of amides is 1. The molecular formula is C20H25N3O2. The van der Waals surface area contributed by atoms with Crippen molar-refractivity contribution >= 4 is 5.91 Å². The SMILES string of the molecule is NC(=O)c1ccc(Oc2ccc(CCN3CCCCCC3)cc2)nc1. The van der Waals surface area contributed by atoms with Crippen molar-refractivity contribution in [1.29, 1.82) is 0 Å². The summed E-state index contributed by atoms with van der Waals surface area (Å²) in [5, 5.41) is 0. The van der Waals surface area contributed by atoms with Gasteiger partial charge in [0.25, 0.3) is 0 Å². The number of aromatic nitrogens is 1. The highest BCUT2D eigenvalue weighted by Gasteiger charge is 2.09. The van der Waals surface area contributed by atoms with Crippen LogP contribution >= 0.6 is 0 Å². The molecule has 0 atom stereocenters. The first-order valence-corrected chi connectivity index (χ1v) is 8.96. The fourth-order valence-corrected chi connectivity index (χ4v) is 3.08. The first kappa shape index (κ1) is 17.4. The second-order valence-corrected chi connectivity index (χ2v) is 6.50. The molecule has 3 rings (SSSR count). The van der Waals surface area contributed by atoms with Crippen LogP contribution in [0.1, 0.15) is 41.6 Å². The summed E-state index contributed by atoms with van der Waals surface area (Å²) in [6, 6.07) is 11.4. The second-order valence-electron chi connectivity index (χ2n) is 6.50. The maximum atomic E-state index is 11.0. The molecule has 1 aliphatic rings. The lowest BCUT2D eigenvalue weighted by atomic mass is 10.1. The Balaban J connectivity index is 1.52. The van der Waals surface area contributed by atoms with Crippen molar-refractivity contribution in [3.05, 3.63) is 53.7 Å². The summed E-state index contributed by atoms with van der Waals surface area (Å²) in [5.41, 5.74) is 6.89. The van der Waals surface area contributed by atoms with Crippen LogP contribution in [0.15, 0.2) is 42.6 Å². The third-order valence-corrected chi connectivity index (χ3v) is 4.58. The molecule has 5 heteroatoms. The van der Waals surface area contributed by atoms with E-state index in [1.165, 1.54) is 50.5 Å². The van der Waals surface area contributed by atoms with Crippen molar-refractivity contribution in [2.75, 3.05) is 19.6 Å². The predicted octanol–water partition coefficient (Wildman–Crippen LogP) is 3.39. The number of ether oxygens (including phenoxy) is 1. The number of carbonyl (C=O) groups is 1. The van der Waals surface area contributed by atoms with E-state index < -0.39 is 5.91 Å². The molecule has 2 heterocycles. The number of carbonyl (C=O) groups excluding carboxylic acids is 1. The Hall–Kier alpha value is -2.40. The largest absolute Gasteiger partial charge is 0.439 e. The van der Waals surface area contributed by atoms with E-state index in [2.05, 4.69) is 22.0 Å². The molecule has 1 aromatic heterocycles. The van der Waals surface area contributed by atoms with Crippen molar-refractivity contribution in [1.82, 2.24) is 9.88 Å². The fraction of sp³-hybridized carbons (Fsp3) is 0.400. The molecule has 0 bridgehead atoms. The molecule has 2 N–H and O–H groups in total. The predicted molar refractivity (Wildman–Crippen MR) is 97.9 cm³/mol. The molecule has 1 aliphatic heterocycles. The van der Waals surface area contributed by atoms with E-state index in [1.807, 2.05) is 12.1 Å². The second kappa shape index (κ2) is 8.62. The molecular weight excluding hydrogens is 314 g/mol. The molecule has 1 aromatic carbocycles. The van der Waals surface area contributed by atoms with E-state index in [4.69, 9.17) is 10.5 Å². The lowest BCUT2D eigenvalue weighted by Crippen LogP contribution is -2.26. The number of likely N-dealkylation sites (tertiary alicyclic amines) is 1. The first-order valence-electron chi connectivity index (χ1n) is 8.96. The van der Waals surface area contributed by atoms with Gasteiger partial charge in [-0.3, -0.25) is 4.79 Å². The van der Waals surface area contributed by atoms with Crippen LogP contribution in [-0.2, 0) is 6.42 Å². The van der Waals surface area contributed by atoms with E-state index >= 15 is 0 Å². The normalized spacial score (nSPS) is 15.5. The van der Waals surface area contributed by atoms with Crippen molar-refractivity contribution in [3.8, 4) is 11.6 Å². The van der Waals surface area contributed by atoms with E-state index in [-0.39, 0.29) is 0 Å². The van der Waals surface area contributed by atoms with Crippen LogP contribution in [0.3, 0.4) is 0 Å². The van der Waals surface area contributed by atoms with Crippen LogP contribution in [-0.4, -0.2) is 35.4 Å². The smallest absolute Gasteiger partial charge is 0.250 e. The minimum absolute atomic E-state index is 0.371. The average molecular weight is 339 g/mol. The van der Waals surface area contributed by atoms with E-state index in [9.17, 15) is 4.79 Å². The Bertz CT molecular complexity index is 675. The Labute approximate surface area is 148 Å². The highest BCUT2D eigenvalue weighted by Crippen LogP contribution is 2.20. The van der Waals surface area contributed by atoms with Crippen molar-refractivity contribution in [2.45, 2.75) is 32.1 Å². The van der Waals surface area contributed by atoms with Gasteiger partial charge in [-0.05, 0) is 56.1 Å². The molecule has 0 radical (unpaired) electrons. The van der Waals surface area contributed by atoms with Gasteiger partial charge in [0.1, 0.15) is 5.75 Å². The molecule has 1 amide bonds. The standard InChI is InChI=1S/C20H25N3O2/c21-20(24)17-7-10-19(22-15-17)25-18-8-5-16(6-9-18)11-14-23-12-3-1-2-4-13-23/h5-10,15H,1-4,11-14H2,(H2,21,24). The quantitative estimate of drug-likeness (QED) is 0.876. The fourth-order valence-electron chi connectivity index (χ4n) is 3.08. The lowest BCUT2D eigenvalue weighted by molar-refractivity contribution is 0.1000. The lowest BCUT2D eigenvalue weighted by Gasteiger charge is -2.19. The molecule has 0 unspecified atom stereocenters. The Morgan fingerprint density at radius 2 is 1.76 bits per heavy atom. The number of benzene rings is 1. The number of rotatable bonds is 6. The number of hydrogen-bond donors (Lipinski definition) is 1. The molecule has 1 saturated heterocycles. The Kier molecular flexibility index (Phi) is 6.01. The van der Waals surface area contributed by atoms with Gasteiger partial charge in [0, 0.05) is 18.8 Å². The topological polar surface area (TPSA) is 68.5 Å². The number of primary amides is 1.